The Kier molecular flexibility index (Phi) is 10.9. The van der Waals surface area contributed by atoms with Crippen molar-refractivity contribution in [1.29, 1.82) is 0 Å². The number of aliphatic hydroxyl groups excluding tert-OH is 1. The minimum Gasteiger partial charge on any atom is -0.481 e. The van der Waals surface area contributed by atoms with Crippen LogP contribution in [0.25, 0.3) is 10.4 Å². The lowest BCUT2D eigenvalue weighted by Crippen LogP contribution is -2.28. The first kappa shape index (κ1) is 28.6. The summed E-state index contributed by atoms with van der Waals surface area (Å²) in [7, 11) is -1.14. The summed E-state index contributed by atoms with van der Waals surface area (Å²) in [6.45, 7) is 4.23. The van der Waals surface area contributed by atoms with Crippen molar-refractivity contribution in [3.63, 3.8) is 0 Å². The summed E-state index contributed by atoms with van der Waals surface area (Å²) in [5.74, 6) is 0.756. The highest BCUT2D eigenvalue weighted by Crippen LogP contribution is 2.34. The molecular formula is C21H27N5O6P2S+2. The largest absolute Gasteiger partial charge is 0.697 e. The van der Waals surface area contributed by atoms with Crippen molar-refractivity contribution in [2.75, 3.05) is 7.05 Å². The maximum absolute atomic E-state index is 10.7. The Morgan fingerprint density at radius 1 is 1.23 bits per heavy atom. The van der Waals surface area contributed by atoms with Crippen LogP contribution in [0.1, 0.15) is 44.6 Å². The lowest BCUT2D eigenvalue weighted by molar-refractivity contribution is -0.0207. The van der Waals surface area contributed by atoms with Gasteiger partial charge in [-0.15, -0.1) is 14.8 Å². The first-order valence-corrected chi connectivity index (χ1v) is 13.9. The molecule has 35 heavy (non-hydrogen) atoms. The van der Waals surface area contributed by atoms with E-state index in [1.807, 2.05) is 26.0 Å². The topological polar surface area (TPSA) is 150 Å². The minimum absolute atomic E-state index is 0.318. The monoisotopic (exact) mass is 539 g/mol. The SMILES string of the molecule is CCC(C)(N=[N+]=[N-])Oc1ccc(/C=N/N(C)[P+](=S)C(C)Oc2ccc(C(O)O[P+](=O)O)cc2)cc1. The lowest BCUT2D eigenvalue weighted by Gasteiger charge is -2.23. The third kappa shape index (κ3) is 9.12. The lowest BCUT2D eigenvalue weighted by atomic mass is 10.2. The van der Waals surface area contributed by atoms with Crippen LogP contribution < -0.4 is 9.47 Å². The van der Waals surface area contributed by atoms with E-state index in [-0.39, 0.29) is 5.85 Å². The van der Waals surface area contributed by atoms with E-state index in [4.69, 9.17) is 31.7 Å². The highest BCUT2D eigenvalue weighted by atomic mass is 32.4. The Morgan fingerprint density at radius 2 is 1.83 bits per heavy atom. The summed E-state index contributed by atoms with van der Waals surface area (Å²) in [4.78, 5) is 11.6. The molecule has 0 bridgehead atoms. The van der Waals surface area contributed by atoms with E-state index >= 15 is 0 Å². The standard InChI is InChI=1S/C21H26N5O6P2S/c1-5-21(3,24-25-22)31-19-10-6-16(7-11-19)14-23-26(4)33(35)15(2)30-18-12-8-17(9-13-18)20(27)32-34(28)29/h6-15,20,27H,5H2,1-4H3/q+1/p+1/b23-14+. The molecule has 0 fully saturated rings. The molecule has 11 nitrogen and oxygen atoms in total. The Hall–Kier alpha value is -2.68. The van der Waals surface area contributed by atoms with Crippen molar-refractivity contribution in [2.24, 2.45) is 10.2 Å². The molecule has 0 aliphatic rings. The average molecular weight is 539 g/mol. The van der Waals surface area contributed by atoms with Crippen LogP contribution in [0.15, 0.2) is 58.7 Å². The second-order valence-corrected chi connectivity index (χ2v) is 11.1. The molecule has 0 heterocycles. The zero-order valence-electron chi connectivity index (χ0n) is 19.6. The van der Waals surface area contributed by atoms with Gasteiger partial charge in [-0.2, -0.15) is 0 Å². The summed E-state index contributed by atoms with van der Waals surface area (Å²) in [5.41, 5.74) is 8.91. The van der Waals surface area contributed by atoms with Crippen LogP contribution in [0.3, 0.4) is 0 Å². The summed E-state index contributed by atoms with van der Waals surface area (Å²) in [6, 6.07) is 13.5. The number of ether oxygens (including phenoxy) is 2. The molecule has 2 N–H and O–H groups in total. The quantitative estimate of drug-likeness (QED) is 0.0625. The maximum Gasteiger partial charge on any atom is 0.697 e. The summed E-state index contributed by atoms with van der Waals surface area (Å²) >= 11 is 5.60. The minimum atomic E-state index is -2.91. The van der Waals surface area contributed by atoms with Crippen molar-refractivity contribution in [2.45, 2.75) is 45.1 Å². The van der Waals surface area contributed by atoms with E-state index in [0.29, 0.717) is 23.5 Å². The summed E-state index contributed by atoms with van der Waals surface area (Å²) < 4.78 is 28.5. The number of rotatable bonds is 13. The van der Waals surface area contributed by atoms with Gasteiger partial charge in [-0.3, -0.25) is 0 Å². The molecule has 0 aliphatic heterocycles. The number of hydrazone groups is 1. The van der Waals surface area contributed by atoms with Gasteiger partial charge in [-0.1, -0.05) is 23.6 Å². The van der Waals surface area contributed by atoms with E-state index in [2.05, 4.69) is 19.7 Å². The van der Waals surface area contributed by atoms with Crippen LogP contribution >= 0.6 is 15.1 Å². The molecule has 14 heteroatoms. The van der Waals surface area contributed by atoms with E-state index < -0.39 is 27.1 Å². The first-order valence-electron chi connectivity index (χ1n) is 10.4. The smallest absolute Gasteiger partial charge is 0.481 e. The number of benzene rings is 2. The Balaban J connectivity index is 1.94. The van der Waals surface area contributed by atoms with E-state index in [0.717, 1.165) is 5.56 Å². The van der Waals surface area contributed by atoms with Crippen molar-refractivity contribution in [3.05, 3.63) is 70.1 Å². The molecule has 0 aliphatic carbocycles. The van der Waals surface area contributed by atoms with Crippen LogP contribution in [0.4, 0.5) is 0 Å². The van der Waals surface area contributed by atoms with Gasteiger partial charge in [0.2, 0.25) is 6.29 Å². The molecule has 2 aromatic carbocycles. The molecule has 0 spiro atoms. The molecular weight excluding hydrogens is 512 g/mol. The predicted molar refractivity (Wildman–Crippen MR) is 137 cm³/mol. The molecule has 0 amide bonds. The normalized spacial score (nSPS) is 15.4. The van der Waals surface area contributed by atoms with Crippen molar-refractivity contribution >= 4 is 33.1 Å². The predicted octanol–water partition coefficient (Wildman–Crippen LogP) is 5.71. The molecule has 2 rings (SSSR count). The average Bonchev–Trinajstić information content (AvgIpc) is 2.83. The Bertz CT molecular complexity index is 1100. The van der Waals surface area contributed by atoms with Crippen molar-refractivity contribution in [1.82, 2.24) is 4.78 Å². The highest BCUT2D eigenvalue weighted by Gasteiger charge is 2.28. The number of azide groups is 1. The maximum atomic E-state index is 10.7. The number of aliphatic hydroxyl groups is 1. The zero-order chi connectivity index (χ0) is 26.0. The van der Waals surface area contributed by atoms with Gasteiger partial charge in [0.05, 0.1) is 13.3 Å². The number of nitrogens with zero attached hydrogens (tertiary/aromatic N) is 5. The molecule has 0 saturated heterocycles. The number of hydrogen-bond acceptors (Lipinski definition) is 8. The fourth-order valence-corrected chi connectivity index (χ4v) is 4.05. The number of hydrogen-bond donors (Lipinski definition) is 2. The highest BCUT2D eigenvalue weighted by molar-refractivity contribution is 8.04. The molecule has 0 aromatic heterocycles. The van der Waals surface area contributed by atoms with Gasteiger partial charge in [-0.25, -0.2) is 0 Å². The fourth-order valence-electron chi connectivity index (χ4n) is 2.67. The van der Waals surface area contributed by atoms with Gasteiger partial charge in [0.1, 0.15) is 11.5 Å². The van der Waals surface area contributed by atoms with E-state index in [9.17, 15) is 9.67 Å². The van der Waals surface area contributed by atoms with Crippen LogP contribution in [-0.4, -0.2) is 39.6 Å². The van der Waals surface area contributed by atoms with Crippen LogP contribution in [0.2, 0.25) is 0 Å². The van der Waals surface area contributed by atoms with Crippen LogP contribution in [0, 0.1) is 0 Å². The van der Waals surface area contributed by atoms with E-state index in [1.54, 1.807) is 49.2 Å². The second kappa shape index (κ2) is 13.4. The molecule has 186 valence electrons. The third-order valence-corrected chi connectivity index (χ3v) is 8.14. The van der Waals surface area contributed by atoms with E-state index in [1.165, 1.54) is 12.1 Å². The van der Waals surface area contributed by atoms with Crippen LogP contribution in [-0.2, 0) is 20.9 Å². The van der Waals surface area contributed by atoms with Gasteiger partial charge >= 0.3 is 15.1 Å². The molecule has 5 unspecified atom stereocenters. The van der Waals surface area contributed by atoms with Crippen molar-refractivity contribution in [3.8, 4) is 11.5 Å². The Morgan fingerprint density at radius 3 is 2.37 bits per heavy atom. The zero-order valence-corrected chi connectivity index (χ0v) is 22.2. The molecule has 0 saturated carbocycles. The van der Waals surface area contributed by atoms with Gasteiger partial charge in [0.25, 0.3) is 5.85 Å². The first-order chi connectivity index (χ1) is 16.6. The van der Waals surface area contributed by atoms with Gasteiger partial charge < -0.3 is 14.6 Å². The Labute approximate surface area is 210 Å². The third-order valence-electron chi connectivity index (χ3n) is 4.76. The summed E-state index contributed by atoms with van der Waals surface area (Å²) in [6.07, 6.45) is 0.696. The summed E-state index contributed by atoms with van der Waals surface area (Å²) in [5, 5.41) is 17.8. The second-order valence-electron chi connectivity index (χ2n) is 7.41. The van der Waals surface area contributed by atoms with Crippen molar-refractivity contribution < 1.29 is 28.6 Å². The molecule has 0 radical (unpaired) electrons. The molecule has 5 atom stereocenters. The van der Waals surface area contributed by atoms with Gasteiger partial charge in [-0.05, 0) is 66.0 Å². The van der Waals surface area contributed by atoms with Crippen LogP contribution in [0.5, 0.6) is 11.5 Å². The van der Waals surface area contributed by atoms with Gasteiger partial charge in [0.15, 0.2) is 17.5 Å². The fraction of sp³-hybridized carbons (Fsp3) is 0.381. The molecule has 2 aromatic rings. The van der Waals surface area contributed by atoms with Gasteiger partial charge in [0, 0.05) is 22.0 Å².